The number of rotatable bonds is 4. The second-order valence-electron chi connectivity index (χ2n) is 6.49. The number of aliphatic hydroxyl groups is 1. The predicted molar refractivity (Wildman–Crippen MR) is 81.8 cm³/mol. The van der Waals surface area contributed by atoms with Gasteiger partial charge in [0.25, 0.3) is 0 Å². The van der Waals surface area contributed by atoms with Crippen molar-refractivity contribution < 1.29 is 9.90 Å². The molecule has 114 valence electrons. The number of carbonyl (C=O) groups excluding carboxylic acids is 1. The maximum atomic E-state index is 12.3. The van der Waals surface area contributed by atoms with Crippen LogP contribution in [-0.2, 0) is 4.79 Å². The van der Waals surface area contributed by atoms with E-state index in [9.17, 15) is 9.90 Å². The minimum Gasteiger partial charge on any atom is -0.387 e. The fraction of sp³-hybridized carbons (Fsp3) is 0.588. The third-order valence-electron chi connectivity index (χ3n) is 5.12. The maximum Gasteiger partial charge on any atom is 0.223 e. The van der Waals surface area contributed by atoms with Crippen molar-refractivity contribution in [2.45, 2.75) is 32.3 Å². The van der Waals surface area contributed by atoms with Gasteiger partial charge >= 0.3 is 0 Å². The molecule has 0 bridgehead atoms. The number of aryl methyl sites for hydroxylation is 1. The van der Waals surface area contributed by atoms with E-state index in [0.29, 0.717) is 6.54 Å². The van der Waals surface area contributed by atoms with E-state index in [1.807, 2.05) is 31.2 Å². The summed E-state index contributed by atoms with van der Waals surface area (Å²) in [6, 6.07) is 7.76. The third kappa shape index (κ3) is 2.97. The molecular formula is C17H24N2O2. The highest BCUT2D eigenvalue weighted by atomic mass is 16.3. The Hall–Kier alpha value is -1.39. The lowest BCUT2D eigenvalue weighted by atomic mass is 9.91. The molecule has 1 saturated carbocycles. The van der Waals surface area contributed by atoms with Gasteiger partial charge in [-0.2, -0.15) is 0 Å². The Morgan fingerprint density at radius 1 is 1.43 bits per heavy atom. The highest BCUT2D eigenvalue weighted by Gasteiger charge is 2.57. The Kier molecular flexibility index (Phi) is 4.00. The first-order valence-electron chi connectivity index (χ1n) is 7.84. The molecule has 0 radical (unpaired) electrons. The van der Waals surface area contributed by atoms with Crippen LogP contribution in [0, 0.1) is 18.3 Å². The van der Waals surface area contributed by atoms with Crippen LogP contribution in [0.4, 0.5) is 0 Å². The largest absolute Gasteiger partial charge is 0.387 e. The van der Waals surface area contributed by atoms with Crippen LogP contribution in [0.15, 0.2) is 24.3 Å². The smallest absolute Gasteiger partial charge is 0.223 e. The van der Waals surface area contributed by atoms with Gasteiger partial charge in [0, 0.05) is 12.5 Å². The van der Waals surface area contributed by atoms with Gasteiger partial charge in [0.1, 0.15) is 0 Å². The second kappa shape index (κ2) is 5.78. The Balaban J connectivity index is 1.52. The molecule has 3 rings (SSSR count). The number of hydrogen-bond acceptors (Lipinski definition) is 3. The van der Waals surface area contributed by atoms with Gasteiger partial charge in [0.15, 0.2) is 0 Å². The van der Waals surface area contributed by atoms with E-state index in [1.165, 1.54) is 0 Å². The maximum absolute atomic E-state index is 12.3. The van der Waals surface area contributed by atoms with Crippen LogP contribution in [0.3, 0.4) is 0 Å². The highest BCUT2D eigenvalue weighted by molar-refractivity contribution is 5.82. The molecule has 1 amide bonds. The summed E-state index contributed by atoms with van der Waals surface area (Å²) in [4.78, 5) is 12.3. The Morgan fingerprint density at radius 2 is 2.14 bits per heavy atom. The van der Waals surface area contributed by atoms with E-state index in [-0.39, 0.29) is 17.2 Å². The van der Waals surface area contributed by atoms with Crippen molar-refractivity contribution >= 4 is 5.91 Å². The minimum atomic E-state index is -0.627. The van der Waals surface area contributed by atoms with Gasteiger partial charge in [-0.25, -0.2) is 0 Å². The van der Waals surface area contributed by atoms with E-state index in [2.05, 4.69) is 10.6 Å². The van der Waals surface area contributed by atoms with Crippen LogP contribution in [0.5, 0.6) is 0 Å². The predicted octanol–water partition coefficient (Wildman–Crippen LogP) is 1.53. The molecule has 0 aromatic heterocycles. The quantitative estimate of drug-likeness (QED) is 0.787. The molecule has 1 aromatic rings. The summed E-state index contributed by atoms with van der Waals surface area (Å²) in [5.74, 6) is 0.271. The van der Waals surface area contributed by atoms with E-state index >= 15 is 0 Å². The number of aliphatic hydroxyl groups excluding tert-OH is 1. The van der Waals surface area contributed by atoms with Crippen LogP contribution in [-0.4, -0.2) is 30.6 Å². The first-order valence-corrected chi connectivity index (χ1v) is 7.84. The highest BCUT2D eigenvalue weighted by Crippen LogP contribution is 2.58. The first-order chi connectivity index (χ1) is 10.1. The van der Waals surface area contributed by atoms with Gasteiger partial charge in [-0.15, -0.1) is 0 Å². The minimum absolute atomic E-state index is 0.115. The van der Waals surface area contributed by atoms with Gasteiger partial charge in [0.05, 0.1) is 6.10 Å². The van der Waals surface area contributed by atoms with Crippen LogP contribution in [0.25, 0.3) is 0 Å². The third-order valence-corrected chi connectivity index (χ3v) is 5.12. The molecule has 3 N–H and O–H groups in total. The zero-order valence-corrected chi connectivity index (χ0v) is 12.6. The van der Waals surface area contributed by atoms with Gasteiger partial charge in [-0.1, -0.05) is 24.3 Å². The molecule has 2 aliphatic rings. The fourth-order valence-electron chi connectivity index (χ4n) is 3.59. The van der Waals surface area contributed by atoms with Crippen LogP contribution >= 0.6 is 0 Å². The van der Waals surface area contributed by atoms with Crippen molar-refractivity contribution in [1.29, 1.82) is 0 Å². The van der Waals surface area contributed by atoms with Gasteiger partial charge in [-0.05, 0) is 55.8 Å². The zero-order chi connectivity index (χ0) is 14.9. The number of amides is 1. The molecule has 1 aromatic carbocycles. The molecule has 1 heterocycles. The molecular weight excluding hydrogens is 264 g/mol. The topological polar surface area (TPSA) is 61.4 Å². The summed E-state index contributed by atoms with van der Waals surface area (Å²) < 4.78 is 0. The number of benzene rings is 1. The molecule has 4 heteroatoms. The molecule has 2 fully saturated rings. The fourth-order valence-corrected chi connectivity index (χ4v) is 3.59. The monoisotopic (exact) mass is 288 g/mol. The van der Waals surface area contributed by atoms with E-state index in [0.717, 1.165) is 43.5 Å². The first kappa shape index (κ1) is 14.5. The van der Waals surface area contributed by atoms with Crippen molar-refractivity contribution in [2.24, 2.45) is 11.3 Å². The summed E-state index contributed by atoms with van der Waals surface area (Å²) in [5, 5.41) is 16.5. The van der Waals surface area contributed by atoms with Crippen molar-refractivity contribution in [1.82, 2.24) is 10.6 Å². The number of nitrogens with one attached hydrogen (secondary N) is 2. The lowest BCUT2D eigenvalue weighted by molar-refractivity contribution is -0.123. The molecule has 2 atom stereocenters. The summed E-state index contributed by atoms with van der Waals surface area (Å²) in [6.07, 6.45) is 2.59. The van der Waals surface area contributed by atoms with Gasteiger partial charge in [-0.3, -0.25) is 4.79 Å². The van der Waals surface area contributed by atoms with Gasteiger partial charge in [0.2, 0.25) is 5.91 Å². The molecule has 21 heavy (non-hydrogen) atoms. The Labute approximate surface area is 125 Å². The lowest BCUT2D eigenvalue weighted by Crippen LogP contribution is -2.35. The Bertz CT molecular complexity index is 523. The van der Waals surface area contributed by atoms with Gasteiger partial charge < -0.3 is 15.7 Å². The number of piperidine rings is 1. The van der Waals surface area contributed by atoms with Crippen LogP contribution in [0.2, 0.25) is 0 Å². The van der Waals surface area contributed by atoms with Crippen molar-refractivity contribution in [3.8, 4) is 0 Å². The van der Waals surface area contributed by atoms with Crippen LogP contribution in [0.1, 0.15) is 36.5 Å². The molecule has 1 aliphatic carbocycles. The summed E-state index contributed by atoms with van der Waals surface area (Å²) >= 11 is 0. The standard InChI is InChI=1S/C17H24N2O2/c1-12-4-2-3-5-13(12)15(20)11-19-16(21)14-10-17(14)6-8-18-9-7-17/h2-5,14-15,18,20H,6-11H2,1H3,(H,19,21). The molecule has 1 spiro atoms. The SMILES string of the molecule is Cc1ccccc1C(O)CNC(=O)C1CC12CCNCC2. The second-order valence-corrected chi connectivity index (χ2v) is 6.49. The average Bonchev–Trinajstić information content (AvgIpc) is 3.19. The summed E-state index contributed by atoms with van der Waals surface area (Å²) in [6.45, 7) is 4.32. The van der Waals surface area contributed by atoms with E-state index in [1.54, 1.807) is 0 Å². The number of hydrogen-bond donors (Lipinski definition) is 3. The van der Waals surface area contributed by atoms with Crippen molar-refractivity contribution in [3.05, 3.63) is 35.4 Å². The van der Waals surface area contributed by atoms with Crippen molar-refractivity contribution in [2.75, 3.05) is 19.6 Å². The number of carbonyl (C=O) groups is 1. The van der Waals surface area contributed by atoms with Crippen molar-refractivity contribution in [3.63, 3.8) is 0 Å². The lowest BCUT2D eigenvalue weighted by Gasteiger charge is -2.23. The summed E-state index contributed by atoms with van der Waals surface area (Å²) in [7, 11) is 0. The van der Waals surface area contributed by atoms with Crippen LogP contribution < -0.4 is 10.6 Å². The van der Waals surface area contributed by atoms with E-state index in [4.69, 9.17) is 0 Å². The zero-order valence-electron chi connectivity index (χ0n) is 12.6. The average molecular weight is 288 g/mol. The molecule has 2 unspecified atom stereocenters. The molecule has 1 aliphatic heterocycles. The Morgan fingerprint density at radius 3 is 2.86 bits per heavy atom. The molecule has 1 saturated heterocycles. The normalized spacial score (nSPS) is 24.6. The summed E-state index contributed by atoms with van der Waals surface area (Å²) in [5.41, 5.74) is 2.20. The molecule has 4 nitrogen and oxygen atoms in total. The van der Waals surface area contributed by atoms with E-state index < -0.39 is 6.10 Å².